The average molecular weight is 417 g/mol. The quantitative estimate of drug-likeness (QED) is 0.348. The second kappa shape index (κ2) is 8.60. The van der Waals surface area contributed by atoms with Gasteiger partial charge in [-0.25, -0.2) is 4.68 Å². The first-order chi connectivity index (χ1) is 15.8. The monoisotopic (exact) mass is 416 g/mol. The molecule has 4 aromatic carbocycles. The van der Waals surface area contributed by atoms with Crippen LogP contribution in [0.3, 0.4) is 0 Å². The summed E-state index contributed by atoms with van der Waals surface area (Å²) in [7, 11) is 0. The van der Waals surface area contributed by atoms with Crippen molar-refractivity contribution in [1.29, 1.82) is 0 Å². The maximum atomic E-state index is 4.59. The molecule has 0 N–H and O–H groups in total. The standard InChI is InChI=1S/C28H24N4/c1-22-17-19-23(20-18-22)21-27-29-30-31-32(27)28(24-11-5-2-6-12-24,25-13-7-3-8-14-25)26-15-9-4-10-16-26/h2-20H,21H2,1H3. The van der Waals surface area contributed by atoms with Crippen LogP contribution in [-0.2, 0) is 12.0 Å². The second-order valence-electron chi connectivity index (χ2n) is 7.98. The molecule has 156 valence electrons. The van der Waals surface area contributed by atoms with Crippen molar-refractivity contribution in [3.05, 3.63) is 149 Å². The summed E-state index contributed by atoms with van der Waals surface area (Å²) in [5.74, 6) is 0.811. The average Bonchev–Trinajstić information content (AvgIpc) is 3.31. The third kappa shape index (κ3) is 3.50. The molecule has 0 amide bonds. The number of tetrazole rings is 1. The van der Waals surface area contributed by atoms with Crippen LogP contribution < -0.4 is 0 Å². The van der Waals surface area contributed by atoms with Crippen LogP contribution in [0.25, 0.3) is 0 Å². The fourth-order valence-corrected chi connectivity index (χ4v) is 4.37. The lowest BCUT2D eigenvalue weighted by atomic mass is 9.77. The van der Waals surface area contributed by atoms with Gasteiger partial charge in [0.05, 0.1) is 0 Å². The Morgan fingerprint density at radius 2 is 1.09 bits per heavy atom. The van der Waals surface area contributed by atoms with E-state index in [4.69, 9.17) is 0 Å². The van der Waals surface area contributed by atoms with E-state index in [-0.39, 0.29) is 0 Å². The van der Waals surface area contributed by atoms with E-state index in [1.165, 1.54) is 11.1 Å². The SMILES string of the molecule is Cc1ccc(Cc2nnnn2C(c2ccccc2)(c2ccccc2)c2ccccc2)cc1. The Morgan fingerprint density at radius 1 is 0.625 bits per heavy atom. The zero-order valence-electron chi connectivity index (χ0n) is 18.0. The first-order valence-electron chi connectivity index (χ1n) is 10.8. The molecule has 0 spiro atoms. The van der Waals surface area contributed by atoms with Crippen molar-refractivity contribution in [2.45, 2.75) is 18.9 Å². The van der Waals surface area contributed by atoms with Gasteiger partial charge < -0.3 is 0 Å². The number of aryl methyl sites for hydroxylation is 1. The predicted octanol–water partition coefficient (Wildman–Crippen LogP) is 5.41. The van der Waals surface area contributed by atoms with E-state index in [1.807, 2.05) is 22.9 Å². The van der Waals surface area contributed by atoms with Crippen LogP contribution in [-0.4, -0.2) is 20.2 Å². The summed E-state index contributed by atoms with van der Waals surface area (Å²) in [6, 6.07) is 40.0. The molecule has 0 aliphatic carbocycles. The Bertz CT molecular complexity index is 1180. The smallest absolute Gasteiger partial charge is 0.157 e. The lowest BCUT2D eigenvalue weighted by Crippen LogP contribution is -2.40. The molecule has 5 rings (SSSR count). The lowest BCUT2D eigenvalue weighted by Gasteiger charge is -2.36. The number of hydrogen-bond donors (Lipinski definition) is 0. The minimum atomic E-state index is -0.701. The van der Waals surface area contributed by atoms with Crippen LogP contribution in [0.1, 0.15) is 33.6 Å². The third-order valence-electron chi connectivity index (χ3n) is 5.91. The molecule has 4 nitrogen and oxygen atoms in total. The minimum Gasteiger partial charge on any atom is -0.210 e. The normalized spacial score (nSPS) is 11.4. The van der Waals surface area contributed by atoms with Crippen molar-refractivity contribution in [3.63, 3.8) is 0 Å². The molecular formula is C28H24N4. The van der Waals surface area contributed by atoms with Crippen LogP contribution in [0.5, 0.6) is 0 Å². The summed E-state index contributed by atoms with van der Waals surface area (Å²) < 4.78 is 1.99. The highest BCUT2D eigenvalue weighted by Crippen LogP contribution is 2.40. The van der Waals surface area contributed by atoms with E-state index in [0.717, 1.165) is 22.5 Å². The third-order valence-corrected chi connectivity index (χ3v) is 5.91. The Balaban J connectivity index is 1.79. The molecule has 0 atom stereocenters. The molecule has 0 radical (unpaired) electrons. The van der Waals surface area contributed by atoms with Crippen molar-refractivity contribution in [2.75, 3.05) is 0 Å². The summed E-state index contributed by atoms with van der Waals surface area (Å²) in [6.07, 6.45) is 0.640. The molecule has 0 aliphatic rings. The van der Waals surface area contributed by atoms with E-state index >= 15 is 0 Å². The van der Waals surface area contributed by atoms with Gasteiger partial charge in [-0.15, -0.1) is 5.10 Å². The van der Waals surface area contributed by atoms with E-state index in [2.05, 4.69) is 120 Å². The Labute approximate surface area is 188 Å². The fourth-order valence-electron chi connectivity index (χ4n) is 4.37. The van der Waals surface area contributed by atoms with E-state index in [1.54, 1.807) is 0 Å². The van der Waals surface area contributed by atoms with Gasteiger partial charge in [0, 0.05) is 6.42 Å². The second-order valence-corrected chi connectivity index (χ2v) is 7.98. The van der Waals surface area contributed by atoms with Crippen molar-refractivity contribution >= 4 is 0 Å². The maximum Gasteiger partial charge on any atom is 0.157 e. The number of rotatable bonds is 6. The highest BCUT2D eigenvalue weighted by molar-refractivity contribution is 5.50. The van der Waals surface area contributed by atoms with E-state index < -0.39 is 5.54 Å². The number of hydrogen-bond acceptors (Lipinski definition) is 3. The van der Waals surface area contributed by atoms with E-state index in [9.17, 15) is 0 Å². The summed E-state index contributed by atoms with van der Waals surface area (Å²) in [6.45, 7) is 2.10. The summed E-state index contributed by atoms with van der Waals surface area (Å²) in [4.78, 5) is 0. The Hall–Kier alpha value is -4.05. The zero-order chi connectivity index (χ0) is 21.8. The molecule has 0 unspecified atom stereocenters. The first kappa shape index (κ1) is 19.9. The number of benzene rings is 4. The maximum absolute atomic E-state index is 4.59. The van der Waals surface area contributed by atoms with Gasteiger partial charge in [-0.3, -0.25) is 0 Å². The van der Waals surface area contributed by atoms with Crippen LogP contribution in [0, 0.1) is 6.92 Å². The highest BCUT2D eigenvalue weighted by Gasteiger charge is 2.41. The van der Waals surface area contributed by atoms with Crippen molar-refractivity contribution in [3.8, 4) is 0 Å². The van der Waals surface area contributed by atoms with Crippen LogP contribution in [0.15, 0.2) is 115 Å². The lowest BCUT2D eigenvalue weighted by molar-refractivity contribution is 0.433. The van der Waals surface area contributed by atoms with Crippen molar-refractivity contribution < 1.29 is 0 Å². The van der Waals surface area contributed by atoms with Crippen molar-refractivity contribution in [1.82, 2.24) is 20.2 Å². The molecule has 0 saturated heterocycles. The van der Waals surface area contributed by atoms with E-state index in [0.29, 0.717) is 6.42 Å². The van der Waals surface area contributed by atoms with Gasteiger partial charge in [0.15, 0.2) is 5.82 Å². The Morgan fingerprint density at radius 3 is 1.56 bits per heavy atom. The molecule has 1 heterocycles. The van der Waals surface area contributed by atoms with Crippen LogP contribution in [0.2, 0.25) is 0 Å². The van der Waals surface area contributed by atoms with Gasteiger partial charge in [-0.1, -0.05) is 121 Å². The van der Waals surface area contributed by atoms with Gasteiger partial charge in [0.1, 0.15) is 5.54 Å². The molecule has 0 fully saturated rings. The molecule has 0 aliphatic heterocycles. The van der Waals surface area contributed by atoms with Crippen molar-refractivity contribution in [2.24, 2.45) is 0 Å². The van der Waals surface area contributed by atoms with Gasteiger partial charge in [-0.05, 0) is 39.6 Å². The van der Waals surface area contributed by atoms with Crippen LogP contribution >= 0.6 is 0 Å². The van der Waals surface area contributed by atoms with Gasteiger partial charge in [-0.2, -0.15) is 0 Å². The fraction of sp³-hybridized carbons (Fsp3) is 0.107. The molecule has 0 saturated carbocycles. The zero-order valence-corrected chi connectivity index (χ0v) is 18.0. The molecule has 1 aromatic heterocycles. The van der Waals surface area contributed by atoms with Crippen LogP contribution in [0.4, 0.5) is 0 Å². The number of aromatic nitrogens is 4. The Kier molecular flexibility index (Phi) is 5.34. The molecule has 32 heavy (non-hydrogen) atoms. The van der Waals surface area contributed by atoms with Gasteiger partial charge >= 0.3 is 0 Å². The summed E-state index contributed by atoms with van der Waals surface area (Å²) in [5, 5.41) is 13.2. The summed E-state index contributed by atoms with van der Waals surface area (Å²) in [5.41, 5.74) is 5.03. The highest BCUT2D eigenvalue weighted by atomic mass is 15.6. The molecule has 4 heteroatoms. The summed E-state index contributed by atoms with van der Waals surface area (Å²) >= 11 is 0. The topological polar surface area (TPSA) is 43.6 Å². The molecular weight excluding hydrogens is 392 g/mol. The first-order valence-corrected chi connectivity index (χ1v) is 10.8. The van der Waals surface area contributed by atoms with Gasteiger partial charge in [0.25, 0.3) is 0 Å². The minimum absolute atomic E-state index is 0.640. The van der Waals surface area contributed by atoms with Gasteiger partial charge in [0.2, 0.25) is 0 Å². The molecule has 0 bridgehead atoms. The number of nitrogens with zero attached hydrogens (tertiary/aromatic N) is 4. The largest absolute Gasteiger partial charge is 0.210 e. The predicted molar refractivity (Wildman–Crippen MR) is 126 cm³/mol. The molecule has 5 aromatic rings.